The zero-order chi connectivity index (χ0) is 15.4. The number of nitrogens with zero attached hydrogens (tertiary/aromatic N) is 2. The van der Waals surface area contributed by atoms with Gasteiger partial charge in [0.15, 0.2) is 0 Å². The fourth-order valence-electron chi connectivity index (χ4n) is 2.45. The summed E-state index contributed by atoms with van der Waals surface area (Å²) < 4.78 is 2.07. The topological polar surface area (TPSA) is 29.9 Å². The Kier molecular flexibility index (Phi) is 5.68. The van der Waals surface area contributed by atoms with E-state index in [2.05, 4.69) is 35.0 Å². The first kappa shape index (κ1) is 16.3. The number of aryl methyl sites for hydroxylation is 2. The van der Waals surface area contributed by atoms with Gasteiger partial charge in [-0.3, -0.25) is 4.68 Å². The number of hydrogen-bond acceptors (Lipinski definition) is 2. The van der Waals surface area contributed by atoms with Crippen LogP contribution in [0, 0.1) is 0 Å². The highest BCUT2D eigenvalue weighted by atomic mass is 35.5. The maximum absolute atomic E-state index is 6.10. The molecule has 3 nitrogen and oxygen atoms in total. The summed E-state index contributed by atoms with van der Waals surface area (Å²) in [5.41, 5.74) is 3.50. The molecule has 2 rings (SSSR count). The second-order valence-electron chi connectivity index (χ2n) is 5.02. The molecule has 0 bridgehead atoms. The van der Waals surface area contributed by atoms with Crippen LogP contribution < -0.4 is 5.32 Å². The molecule has 0 saturated heterocycles. The molecule has 0 spiro atoms. The number of hydrogen-bond donors (Lipinski definition) is 1. The molecule has 21 heavy (non-hydrogen) atoms. The van der Waals surface area contributed by atoms with Crippen LogP contribution in [0.3, 0.4) is 0 Å². The maximum Gasteiger partial charge on any atom is 0.0625 e. The summed E-state index contributed by atoms with van der Waals surface area (Å²) in [6.45, 7) is 5.11. The summed E-state index contributed by atoms with van der Waals surface area (Å²) in [6, 6.07) is 8.19. The average molecular weight is 326 g/mol. The molecule has 1 N–H and O–H groups in total. The zero-order valence-electron chi connectivity index (χ0n) is 12.7. The SMILES string of the molecule is CCc1cc(C(Cc2ccc(Cl)c(Cl)c2)NC)n(CC)n1. The molecule has 1 aromatic carbocycles. The standard InChI is InChI=1S/C16H21Cl2N3/c1-4-12-10-16(21(5-2)20-12)15(19-3)9-11-6-7-13(17)14(18)8-11/h6-8,10,15,19H,4-5,9H2,1-3H3. The van der Waals surface area contributed by atoms with E-state index in [9.17, 15) is 0 Å². The number of likely N-dealkylation sites (N-methyl/N-ethyl adjacent to an activating group) is 1. The third-order valence-corrected chi connectivity index (χ3v) is 4.39. The molecule has 1 heterocycles. The molecule has 1 unspecified atom stereocenters. The van der Waals surface area contributed by atoms with Crippen molar-refractivity contribution in [2.45, 2.75) is 39.3 Å². The number of halogens is 2. The third kappa shape index (κ3) is 3.79. The summed E-state index contributed by atoms with van der Waals surface area (Å²) in [5.74, 6) is 0. The molecular weight excluding hydrogens is 305 g/mol. The van der Waals surface area contributed by atoms with Crippen LogP contribution in [0.15, 0.2) is 24.3 Å². The molecule has 0 aliphatic heterocycles. The predicted octanol–water partition coefficient (Wildman–Crippen LogP) is 4.28. The van der Waals surface area contributed by atoms with Crippen LogP contribution in [0.4, 0.5) is 0 Å². The molecule has 1 aromatic heterocycles. The van der Waals surface area contributed by atoms with Crippen LogP contribution >= 0.6 is 23.2 Å². The van der Waals surface area contributed by atoms with Gasteiger partial charge in [-0.05, 0) is 50.6 Å². The van der Waals surface area contributed by atoms with Crippen molar-refractivity contribution in [3.63, 3.8) is 0 Å². The summed E-state index contributed by atoms with van der Waals surface area (Å²) in [7, 11) is 1.97. The monoisotopic (exact) mass is 325 g/mol. The molecule has 1 atom stereocenters. The van der Waals surface area contributed by atoms with Gasteiger partial charge >= 0.3 is 0 Å². The van der Waals surface area contributed by atoms with Gasteiger partial charge in [0.2, 0.25) is 0 Å². The van der Waals surface area contributed by atoms with Crippen molar-refractivity contribution >= 4 is 23.2 Å². The van der Waals surface area contributed by atoms with E-state index in [-0.39, 0.29) is 6.04 Å². The summed E-state index contributed by atoms with van der Waals surface area (Å²) >= 11 is 12.1. The quantitative estimate of drug-likeness (QED) is 0.859. The van der Waals surface area contributed by atoms with E-state index in [0.717, 1.165) is 30.6 Å². The van der Waals surface area contributed by atoms with Gasteiger partial charge in [-0.15, -0.1) is 0 Å². The van der Waals surface area contributed by atoms with Crippen LogP contribution in [0.2, 0.25) is 10.0 Å². The minimum absolute atomic E-state index is 0.204. The molecule has 0 radical (unpaired) electrons. The molecule has 5 heteroatoms. The van der Waals surface area contributed by atoms with E-state index in [1.54, 1.807) is 0 Å². The Balaban J connectivity index is 2.26. The minimum atomic E-state index is 0.204. The summed E-state index contributed by atoms with van der Waals surface area (Å²) in [6.07, 6.45) is 1.80. The van der Waals surface area contributed by atoms with Gasteiger partial charge in [-0.2, -0.15) is 5.10 Å². The van der Waals surface area contributed by atoms with E-state index in [1.165, 1.54) is 5.69 Å². The van der Waals surface area contributed by atoms with Gasteiger partial charge in [-0.25, -0.2) is 0 Å². The van der Waals surface area contributed by atoms with Gasteiger partial charge in [0, 0.05) is 6.54 Å². The fraction of sp³-hybridized carbons (Fsp3) is 0.438. The van der Waals surface area contributed by atoms with Gasteiger partial charge in [0.1, 0.15) is 0 Å². The number of benzene rings is 1. The number of rotatable bonds is 6. The molecule has 0 fully saturated rings. The minimum Gasteiger partial charge on any atom is -0.311 e. The Hall–Kier alpha value is -1.03. The highest BCUT2D eigenvalue weighted by molar-refractivity contribution is 6.42. The van der Waals surface area contributed by atoms with Gasteiger partial charge in [0.25, 0.3) is 0 Å². The lowest BCUT2D eigenvalue weighted by molar-refractivity contribution is 0.512. The van der Waals surface area contributed by atoms with Crippen molar-refractivity contribution in [3.8, 4) is 0 Å². The molecule has 2 aromatic rings. The average Bonchev–Trinajstić information content (AvgIpc) is 2.91. The van der Waals surface area contributed by atoms with Crippen LogP contribution in [0.25, 0.3) is 0 Å². The summed E-state index contributed by atoms with van der Waals surface area (Å²) in [5, 5.41) is 9.19. The molecule has 114 valence electrons. The van der Waals surface area contributed by atoms with Crippen LogP contribution in [0.1, 0.15) is 36.8 Å². The van der Waals surface area contributed by atoms with E-state index in [4.69, 9.17) is 23.2 Å². The Morgan fingerprint density at radius 3 is 2.52 bits per heavy atom. The smallest absolute Gasteiger partial charge is 0.0625 e. The van der Waals surface area contributed by atoms with E-state index >= 15 is 0 Å². The molecular formula is C16H21Cl2N3. The Bertz CT molecular complexity index is 608. The number of aromatic nitrogens is 2. The molecule has 0 amide bonds. The zero-order valence-corrected chi connectivity index (χ0v) is 14.2. The largest absolute Gasteiger partial charge is 0.311 e. The maximum atomic E-state index is 6.10. The Morgan fingerprint density at radius 2 is 1.95 bits per heavy atom. The second-order valence-corrected chi connectivity index (χ2v) is 5.84. The molecule has 0 saturated carbocycles. The van der Waals surface area contributed by atoms with Crippen molar-refractivity contribution in [2.75, 3.05) is 7.05 Å². The second kappa shape index (κ2) is 7.30. The van der Waals surface area contributed by atoms with Crippen molar-refractivity contribution < 1.29 is 0 Å². The Morgan fingerprint density at radius 1 is 1.19 bits per heavy atom. The van der Waals surface area contributed by atoms with E-state index in [0.29, 0.717) is 10.0 Å². The lowest BCUT2D eigenvalue weighted by Gasteiger charge is -2.18. The summed E-state index contributed by atoms with van der Waals surface area (Å²) in [4.78, 5) is 0. The van der Waals surface area contributed by atoms with Crippen LogP contribution in [-0.2, 0) is 19.4 Å². The molecule has 0 aliphatic carbocycles. The van der Waals surface area contributed by atoms with Gasteiger partial charge in [-0.1, -0.05) is 36.2 Å². The van der Waals surface area contributed by atoms with Gasteiger partial charge < -0.3 is 5.32 Å². The van der Waals surface area contributed by atoms with Crippen molar-refractivity contribution in [1.82, 2.24) is 15.1 Å². The third-order valence-electron chi connectivity index (χ3n) is 3.65. The van der Waals surface area contributed by atoms with Crippen LogP contribution in [-0.4, -0.2) is 16.8 Å². The Labute approximate surface area is 136 Å². The predicted molar refractivity (Wildman–Crippen MR) is 89.2 cm³/mol. The van der Waals surface area contributed by atoms with Crippen molar-refractivity contribution in [3.05, 3.63) is 51.3 Å². The van der Waals surface area contributed by atoms with E-state index < -0.39 is 0 Å². The number of nitrogens with one attached hydrogen (secondary N) is 1. The van der Waals surface area contributed by atoms with Crippen molar-refractivity contribution in [1.29, 1.82) is 0 Å². The first-order valence-electron chi connectivity index (χ1n) is 7.26. The van der Waals surface area contributed by atoms with E-state index in [1.807, 2.05) is 25.2 Å². The first-order valence-corrected chi connectivity index (χ1v) is 8.02. The fourth-order valence-corrected chi connectivity index (χ4v) is 2.77. The highest BCUT2D eigenvalue weighted by Gasteiger charge is 2.17. The van der Waals surface area contributed by atoms with Crippen molar-refractivity contribution in [2.24, 2.45) is 0 Å². The first-order chi connectivity index (χ1) is 10.1. The lowest BCUT2D eigenvalue weighted by Crippen LogP contribution is -2.22. The van der Waals surface area contributed by atoms with Gasteiger partial charge in [0.05, 0.1) is 27.5 Å². The normalized spacial score (nSPS) is 12.6. The van der Waals surface area contributed by atoms with Crippen LogP contribution in [0.5, 0.6) is 0 Å². The highest BCUT2D eigenvalue weighted by Crippen LogP contribution is 2.26. The molecule has 0 aliphatic rings. The lowest BCUT2D eigenvalue weighted by atomic mass is 10.0.